The fourth-order valence-electron chi connectivity index (χ4n) is 1.39. The van der Waals surface area contributed by atoms with Crippen LogP contribution in [-0.2, 0) is 7.05 Å². The molecule has 1 aromatic carbocycles. The Kier molecular flexibility index (Phi) is 2.14. The van der Waals surface area contributed by atoms with Crippen LogP contribution in [0.15, 0.2) is 30.5 Å². The average molecular weight is 198 g/mol. The van der Waals surface area contributed by atoms with Gasteiger partial charge in [-0.25, -0.2) is 0 Å². The van der Waals surface area contributed by atoms with Crippen LogP contribution in [0.5, 0.6) is 0 Å². The lowest BCUT2D eigenvalue weighted by molar-refractivity contribution is 0.779. The highest BCUT2D eigenvalue weighted by molar-refractivity contribution is 5.73. The Morgan fingerprint density at radius 1 is 1.33 bits per heavy atom. The summed E-state index contributed by atoms with van der Waals surface area (Å²) in [6, 6.07) is 9.34. The van der Waals surface area contributed by atoms with Gasteiger partial charge in [-0.05, 0) is 17.7 Å². The molecule has 0 unspecified atom stereocenters. The first-order valence-corrected chi connectivity index (χ1v) is 4.50. The minimum absolute atomic E-state index is 0.625. The molecule has 2 rings (SSSR count). The van der Waals surface area contributed by atoms with E-state index in [0.29, 0.717) is 11.4 Å². The molecule has 2 aromatic rings. The van der Waals surface area contributed by atoms with Crippen molar-refractivity contribution in [1.82, 2.24) is 9.78 Å². The van der Waals surface area contributed by atoms with Crippen LogP contribution in [0, 0.1) is 11.3 Å². The van der Waals surface area contributed by atoms with Gasteiger partial charge in [-0.15, -0.1) is 0 Å². The number of anilines is 1. The van der Waals surface area contributed by atoms with Gasteiger partial charge in [0.25, 0.3) is 0 Å². The third kappa shape index (κ3) is 1.55. The van der Waals surface area contributed by atoms with Crippen molar-refractivity contribution >= 4 is 5.82 Å². The van der Waals surface area contributed by atoms with Crippen LogP contribution in [0.25, 0.3) is 11.1 Å². The normalized spacial score (nSPS) is 9.87. The summed E-state index contributed by atoms with van der Waals surface area (Å²) in [5.41, 5.74) is 8.34. The Bertz CT molecular complexity index is 517. The van der Waals surface area contributed by atoms with E-state index in [1.165, 1.54) is 0 Å². The minimum atomic E-state index is 0.625. The Morgan fingerprint density at radius 3 is 2.47 bits per heavy atom. The lowest BCUT2D eigenvalue weighted by Gasteiger charge is -2.00. The highest BCUT2D eigenvalue weighted by Crippen LogP contribution is 2.24. The van der Waals surface area contributed by atoms with Crippen LogP contribution in [0.3, 0.4) is 0 Å². The average Bonchev–Trinajstić information content (AvgIpc) is 2.60. The van der Waals surface area contributed by atoms with Crippen LogP contribution in [0.2, 0.25) is 0 Å². The number of aryl methyl sites for hydroxylation is 1. The van der Waals surface area contributed by atoms with Gasteiger partial charge in [0.1, 0.15) is 5.82 Å². The lowest BCUT2D eigenvalue weighted by atomic mass is 10.1. The molecule has 1 aromatic heterocycles. The smallest absolute Gasteiger partial charge is 0.129 e. The zero-order valence-corrected chi connectivity index (χ0v) is 8.31. The summed E-state index contributed by atoms with van der Waals surface area (Å²) in [7, 11) is 1.79. The highest BCUT2D eigenvalue weighted by Gasteiger charge is 2.06. The van der Waals surface area contributed by atoms with Crippen molar-refractivity contribution in [2.45, 2.75) is 0 Å². The summed E-state index contributed by atoms with van der Waals surface area (Å²) < 4.78 is 1.62. The minimum Gasteiger partial charge on any atom is -0.383 e. The number of nitriles is 1. The number of aromatic nitrogens is 2. The number of nitrogens with two attached hydrogens (primary N) is 1. The van der Waals surface area contributed by atoms with Crippen molar-refractivity contribution in [2.24, 2.45) is 7.05 Å². The van der Waals surface area contributed by atoms with E-state index in [9.17, 15) is 0 Å². The van der Waals surface area contributed by atoms with Gasteiger partial charge in [0.15, 0.2) is 0 Å². The summed E-state index contributed by atoms with van der Waals surface area (Å²) in [6.07, 6.45) is 1.72. The number of nitrogens with zero attached hydrogens (tertiary/aromatic N) is 3. The molecule has 0 atom stereocenters. The van der Waals surface area contributed by atoms with Gasteiger partial charge >= 0.3 is 0 Å². The van der Waals surface area contributed by atoms with E-state index in [4.69, 9.17) is 11.0 Å². The molecule has 0 aliphatic carbocycles. The fraction of sp³-hybridized carbons (Fsp3) is 0.0909. The van der Waals surface area contributed by atoms with E-state index in [-0.39, 0.29) is 0 Å². The molecule has 0 saturated carbocycles. The first-order chi connectivity index (χ1) is 7.22. The Labute approximate surface area is 87.6 Å². The van der Waals surface area contributed by atoms with Gasteiger partial charge in [0, 0.05) is 12.6 Å². The summed E-state index contributed by atoms with van der Waals surface area (Å²) in [4.78, 5) is 0. The van der Waals surface area contributed by atoms with Crippen molar-refractivity contribution in [3.63, 3.8) is 0 Å². The largest absolute Gasteiger partial charge is 0.383 e. The topological polar surface area (TPSA) is 67.6 Å². The van der Waals surface area contributed by atoms with Crippen molar-refractivity contribution in [3.05, 3.63) is 36.0 Å². The second-order valence-corrected chi connectivity index (χ2v) is 3.26. The third-order valence-electron chi connectivity index (χ3n) is 2.31. The second kappa shape index (κ2) is 3.46. The van der Waals surface area contributed by atoms with E-state index in [0.717, 1.165) is 11.1 Å². The van der Waals surface area contributed by atoms with E-state index in [2.05, 4.69) is 11.2 Å². The summed E-state index contributed by atoms with van der Waals surface area (Å²) in [5.74, 6) is 0.625. The second-order valence-electron chi connectivity index (χ2n) is 3.26. The molecule has 2 N–H and O–H groups in total. The van der Waals surface area contributed by atoms with Crippen molar-refractivity contribution < 1.29 is 0 Å². The van der Waals surface area contributed by atoms with Crippen LogP contribution < -0.4 is 5.73 Å². The Balaban J connectivity index is 2.47. The van der Waals surface area contributed by atoms with Gasteiger partial charge in [0.2, 0.25) is 0 Å². The number of rotatable bonds is 1. The first kappa shape index (κ1) is 9.28. The van der Waals surface area contributed by atoms with E-state index >= 15 is 0 Å². The molecule has 74 valence electrons. The van der Waals surface area contributed by atoms with Gasteiger partial charge in [-0.1, -0.05) is 12.1 Å². The standard InChI is InChI=1S/C11H10N4/c1-15-11(13)10(7-14-15)9-4-2-8(6-12)3-5-9/h2-5,7H,13H2,1H3. The van der Waals surface area contributed by atoms with Crippen LogP contribution >= 0.6 is 0 Å². The lowest BCUT2D eigenvalue weighted by Crippen LogP contribution is -1.97. The molecule has 1 heterocycles. The van der Waals surface area contributed by atoms with E-state index in [1.807, 2.05) is 12.1 Å². The molecule has 0 radical (unpaired) electrons. The monoisotopic (exact) mass is 198 g/mol. The van der Waals surface area contributed by atoms with Crippen LogP contribution in [0.4, 0.5) is 5.82 Å². The number of hydrogen-bond acceptors (Lipinski definition) is 3. The highest BCUT2D eigenvalue weighted by atomic mass is 15.3. The van der Waals surface area contributed by atoms with Crippen molar-refractivity contribution in [1.29, 1.82) is 5.26 Å². The van der Waals surface area contributed by atoms with Gasteiger partial charge in [-0.2, -0.15) is 10.4 Å². The number of nitrogen functional groups attached to an aromatic ring is 1. The van der Waals surface area contributed by atoms with Gasteiger partial charge < -0.3 is 5.73 Å². The molecule has 0 spiro atoms. The summed E-state index contributed by atoms with van der Waals surface area (Å²) >= 11 is 0. The molecular formula is C11H10N4. The van der Waals surface area contributed by atoms with Crippen molar-refractivity contribution in [3.8, 4) is 17.2 Å². The maximum atomic E-state index is 8.67. The fourth-order valence-corrected chi connectivity index (χ4v) is 1.39. The molecule has 4 heteroatoms. The van der Waals surface area contributed by atoms with Gasteiger partial charge in [-0.3, -0.25) is 4.68 Å². The molecule has 0 fully saturated rings. The third-order valence-corrected chi connectivity index (χ3v) is 2.31. The molecule has 0 aliphatic rings. The van der Waals surface area contributed by atoms with Gasteiger partial charge in [0.05, 0.1) is 17.8 Å². The Morgan fingerprint density at radius 2 is 2.00 bits per heavy atom. The summed E-state index contributed by atoms with van der Waals surface area (Å²) in [6.45, 7) is 0. The zero-order chi connectivity index (χ0) is 10.8. The molecule has 15 heavy (non-hydrogen) atoms. The zero-order valence-electron chi connectivity index (χ0n) is 8.31. The van der Waals surface area contributed by atoms with Crippen LogP contribution in [0.1, 0.15) is 5.56 Å². The number of benzene rings is 1. The molecular weight excluding hydrogens is 188 g/mol. The quantitative estimate of drug-likeness (QED) is 0.755. The predicted octanol–water partition coefficient (Wildman–Crippen LogP) is 1.54. The first-order valence-electron chi connectivity index (χ1n) is 4.50. The maximum Gasteiger partial charge on any atom is 0.129 e. The van der Waals surface area contributed by atoms with Crippen LogP contribution in [-0.4, -0.2) is 9.78 Å². The van der Waals surface area contributed by atoms with E-state index in [1.54, 1.807) is 30.1 Å². The predicted molar refractivity (Wildman–Crippen MR) is 57.8 cm³/mol. The molecule has 0 aliphatic heterocycles. The van der Waals surface area contributed by atoms with E-state index < -0.39 is 0 Å². The molecule has 4 nitrogen and oxygen atoms in total. The molecule has 0 saturated heterocycles. The molecule has 0 bridgehead atoms. The maximum absolute atomic E-state index is 8.67. The molecule has 0 amide bonds. The van der Waals surface area contributed by atoms with Crippen molar-refractivity contribution in [2.75, 3.05) is 5.73 Å². The Hall–Kier alpha value is -2.28. The number of hydrogen-bond donors (Lipinski definition) is 1. The summed E-state index contributed by atoms with van der Waals surface area (Å²) in [5, 5.41) is 12.7. The SMILES string of the molecule is Cn1ncc(-c2ccc(C#N)cc2)c1N.